The summed E-state index contributed by atoms with van der Waals surface area (Å²) < 4.78 is 44.6. The molecule has 0 saturated carbocycles. The van der Waals surface area contributed by atoms with Crippen LogP contribution < -0.4 is 10.9 Å². The third-order valence-electron chi connectivity index (χ3n) is 2.94. The monoisotopic (exact) mass is 352 g/mol. The zero-order chi connectivity index (χ0) is 18.4. The molecule has 0 aromatic heterocycles. The van der Waals surface area contributed by atoms with E-state index in [1.54, 1.807) is 0 Å². The number of carbonyl (C=O) groups is 3. The van der Waals surface area contributed by atoms with Gasteiger partial charge in [0.05, 0.1) is 5.56 Å². The van der Waals surface area contributed by atoms with Crippen LogP contribution in [0.25, 0.3) is 0 Å². The molecule has 9 heteroatoms. The van der Waals surface area contributed by atoms with Crippen LogP contribution in [-0.2, 0) is 9.53 Å². The number of rotatable bonds is 4. The second-order valence-electron chi connectivity index (χ2n) is 4.65. The molecule has 0 radical (unpaired) electrons. The van der Waals surface area contributed by atoms with E-state index >= 15 is 0 Å². The second kappa shape index (κ2) is 7.95. The minimum absolute atomic E-state index is 0.312. The van der Waals surface area contributed by atoms with Gasteiger partial charge in [-0.1, -0.05) is 18.2 Å². The number of hydrogen-bond donors (Lipinski definition) is 2. The Kier molecular flexibility index (Phi) is 5.72. The molecule has 2 N–H and O–H groups in total. The van der Waals surface area contributed by atoms with Crippen LogP contribution in [0.1, 0.15) is 20.7 Å². The number of nitrogens with one attached hydrogen (secondary N) is 2. The first kappa shape index (κ1) is 18.0. The van der Waals surface area contributed by atoms with E-state index in [-0.39, 0.29) is 5.56 Å². The van der Waals surface area contributed by atoms with Gasteiger partial charge >= 0.3 is 5.97 Å². The van der Waals surface area contributed by atoms with Crippen molar-refractivity contribution >= 4 is 17.8 Å². The summed E-state index contributed by atoms with van der Waals surface area (Å²) in [5.74, 6) is -6.38. The van der Waals surface area contributed by atoms with Gasteiger partial charge in [-0.25, -0.2) is 18.0 Å². The van der Waals surface area contributed by atoms with E-state index in [1.165, 1.54) is 18.2 Å². The smallest absolute Gasteiger partial charge is 0.344 e. The Hall–Kier alpha value is -3.36. The molecule has 0 fully saturated rings. The molecule has 0 bridgehead atoms. The first-order valence-corrected chi connectivity index (χ1v) is 6.85. The number of hydrogen-bond acceptors (Lipinski definition) is 4. The lowest BCUT2D eigenvalue weighted by atomic mass is 10.2. The molecule has 2 aromatic carbocycles. The topological polar surface area (TPSA) is 84.5 Å². The fraction of sp³-hybridized carbons (Fsp3) is 0.0625. The maximum Gasteiger partial charge on any atom is 0.344 e. The van der Waals surface area contributed by atoms with E-state index in [2.05, 4.69) is 4.74 Å². The van der Waals surface area contributed by atoms with Gasteiger partial charge in [0.15, 0.2) is 6.61 Å². The Labute approximate surface area is 139 Å². The highest BCUT2D eigenvalue weighted by Crippen LogP contribution is 2.13. The van der Waals surface area contributed by atoms with Gasteiger partial charge in [0, 0.05) is 0 Å². The van der Waals surface area contributed by atoms with Crippen LogP contribution in [-0.4, -0.2) is 24.4 Å². The molecule has 0 aliphatic carbocycles. The highest BCUT2D eigenvalue weighted by atomic mass is 19.1. The number of esters is 1. The van der Waals surface area contributed by atoms with Crippen molar-refractivity contribution in [2.45, 2.75) is 0 Å². The second-order valence-corrected chi connectivity index (χ2v) is 4.65. The van der Waals surface area contributed by atoms with Crippen LogP contribution >= 0.6 is 0 Å². The molecule has 2 rings (SSSR count). The molecular formula is C16H11F3N2O4. The van der Waals surface area contributed by atoms with Gasteiger partial charge in [-0.15, -0.1) is 0 Å². The quantitative estimate of drug-likeness (QED) is 0.648. The summed E-state index contributed by atoms with van der Waals surface area (Å²) in [6.45, 7) is -0.913. The van der Waals surface area contributed by atoms with Gasteiger partial charge in [0.1, 0.15) is 23.0 Å². The molecule has 0 unspecified atom stereocenters. The standard InChI is InChI=1S/C16H11F3N2O4/c17-10-5-2-1-4-9(10)15(23)21-20-13(22)8-25-16(24)14-11(18)6-3-7-12(14)19/h1-7H,8H2,(H,20,22)(H,21,23). The van der Waals surface area contributed by atoms with Gasteiger partial charge in [-0.05, 0) is 24.3 Å². The lowest BCUT2D eigenvalue weighted by molar-refractivity contribution is -0.125. The molecule has 2 aromatic rings. The highest BCUT2D eigenvalue weighted by molar-refractivity contribution is 5.96. The van der Waals surface area contributed by atoms with E-state index in [9.17, 15) is 27.6 Å². The summed E-state index contributed by atoms with van der Waals surface area (Å²) in [5, 5.41) is 0. The van der Waals surface area contributed by atoms with Crippen LogP contribution in [0.4, 0.5) is 13.2 Å². The maximum absolute atomic E-state index is 13.4. The maximum atomic E-state index is 13.4. The third kappa shape index (κ3) is 4.56. The number of hydrazine groups is 1. The van der Waals surface area contributed by atoms with Crippen LogP contribution in [0.15, 0.2) is 42.5 Å². The SMILES string of the molecule is O=C(COC(=O)c1c(F)cccc1F)NNC(=O)c1ccccc1F. The molecule has 0 saturated heterocycles. The summed E-state index contributed by atoms with van der Waals surface area (Å²) in [6, 6.07) is 7.82. The molecular weight excluding hydrogens is 341 g/mol. The fourth-order valence-corrected chi connectivity index (χ4v) is 1.77. The van der Waals surface area contributed by atoms with Crippen molar-refractivity contribution in [2.24, 2.45) is 0 Å². The Morgan fingerprint density at radius 1 is 0.840 bits per heavy atom. The minimum atomic E-state index is -1.38. The number of carbonyl (C=O) groups excluding carboxylic acids is 3. The summed E-state index contributed by atoms with van der Waals surface area (Å²) in [7, 11) is 0. The van der Waals surface area contributed by atoms with Crippen molar-refractivity contribution in [1.29, 1.82) is 0 Å². The van der Waals surface area contributed by atoms with Gasteiger partial charge in [0.2, 0.25) is 0 Å². The van der Waals surface area contributed by atoms with Gasteiger partial charge in [-0.2, -0.15) is 0 Å². The van der Waals surface area contributed by atoms with Gasteiger partial charge in [0.25, 0.3) is 11.8 Å². The van der Waals surface area contributed by atoms with Gasteiger partial charge < -0.3 is 4.74 Å². The third-order valence-corrected chi connectivity index (χ3v) is 2.94. The number of halogens is 3. The van der Waals surface area contributed by atoms with Crippen molar-refractivity contribution in [3.63, 3.8) is 0 Å². The van der Waals surface area contributed by atoms with Crippen LogP contribution in [0, 0.1) is 17.5 Å². The molecule has 0 aliphatic rings. The molecule has 25 heavy (non-hydrogen) atoms. The summed E-state index contributed by atoms with van der Waals surface area (Å²) >= 11 is 0. The molecule has 0 heterocycles. The molecule has 2 amide bonds. The van der Waals surface area contributed by atoms with Crippen molar-refractivity contribution in [1.82, 2.24) is 10.9 Å². The predicted molar refractivity (Wildman–Crippen MR) is 78.6 cm³/mol. The van der Waals surface area contributed by atoms with E-state index < -0.39 is 47.4 Å². The van der Waals surface area contributed by atoms with Crippen molar-refractivity contribution in [3.05, 3.63) is 71.0 Å². The first-order chi connectivity index (χ1) is 11.9. The summed E-state index contributed by atoms with van der Waals surface area (Å²) in [6.07, 6.45) is 0. The van der Waals surface area contributed by atoms with E-state index in [0.29, 0.717) is 0 Å². The Morgan fingerprint density at radius 3 is 2.08 bits per heavy atom. The van der Waals surface area contributed by atoms with E-state index in [4.69, 9.17) is 0 Å². The molecule has 0 atom stereocenters. The fourth-order valence-electron chi connectivity index (χ4n) is 1.77. The summed E-state index contributed by atoms with van der Waals surface area (Å²) in [5.41, 5.74) is 2.53. The Bertz CT molecular complexity index is 807. The average Bonchev–Trinajstić information content (AvgIpc) is 2.58. The first-order valence-electron chi connectivity index (χ1n) is 6.85. The minimum Gasteiger partial charge on any atom is -0.452 e. The van der Waals surface area contributed by atoms with Crippen LogP contribution in [0.2, 0.25) is 0 Å². The van der Waals surface area contributed by atoms with Crippen molar-refractivity contribution in [2.75, 3.05) is 6.61 Å². The lowest BCUT2D eigenvalue weighted by Crippen LogP contribution is -2.43. The summed E-state index contributed by atoms with van der Waals surface area (Å²) in [4.78, 5) is 34.7. The zero-order valence-corrected chi connectivity index (χ0v) is 12.5. The van der Waals surface area contributed by atoms with Crippen molar-refractivity contribution in [3.8, 4) is 0 Å². The van der Waals surface area contributed by atoms with Crippen LogP contribution in [0.5, 0.6) is 0 Å². The van der Waals surface area contributed by atoms with Gasteiger partial charge in [-0.3, -0.25) is 20.4 Å². The van der Waals surface area contributed by atoms with E-state index in [1.807, 2.05) is 10.9 Å². The normalized spacial score (nSPS) is 10.0. The predicted octanol–water partition coefficient (Wildman–Crippen LogP) is 1.72. The number of benzene rings is 2. The Balaban J connectivity index is 1.86. The highest BCUT2D eigenvalue weighted by Gasteiger charge is 2.19. The largest absolute Gasteiger partial charge is 0.452 e. The number of amides is 2. The zero-order valence-electron chi connectivity index (χ0n) is 12.5. The Morgan fingerprint density at radius 2 is 1.44 bits per heavy atom. The molecule has 6 nitrogen and oxygen atoms in total. The van der Waals surface area contributed by atoms with Crippen LogP contribution in [0.3, 0.4) is 0 Å². The molecule has 0 spiro atoms. The molecule has 0 aliphatic heterocycles. The molecule has 130 valence electrons. The average molecular weight is 352 g/mol. The number of ether oxygens (including phenoxy) is 1. The lowest BCUT2D eigenvalue weighted by Gasteiger charge is -2.09. The van der Waals surface area contributed by atoms with E-state index in [0.717, 1.165) is 24.3 Å². The van der Waals surface area contributed by atoms with Crippen molar-refractivity contribution < 1.29 is 32.3 Å².